The summed E-state index contributed by atoms with van der Waals surface area (Å²) in [7, 11) is -1.82. The van der Waals surface area contributed by atoms with Crippen LogP contribution in [0.25, 0.3) is 0 Å². The average Bonchev–Trinajstić information content (AvgIpc) is 3.22. The monoisotopic (exact) mass is 403 g/mol. The van der Waals surface area contributed by atoms with Crippen LogP contribution in [0.5, 0.6) is 11.5 Å². The van der Waals surface area contributed by atoms with Gasteiger partial charge >= 0.3 is 0 Å². The Balaban J connectivity index is 1.60. The maximum Gasteiger partial charge on any atom is 0.231 e. The maximum atomic E-state index is 12.1. The van der Waals surface area contributed by atoms with Crippen LogP contribution in [0.15, 0.2) is 18.2 Å². The Kier molecular flexibility index (Phi) is 4.99. The van der Waals surface area contributed by atoms with Crippen molar-refractivity contribution in [2.75, 3.05) is 13.4 Å². The fourth-order valence-electron chi connectivity index (χ4n) is 4.61. The third-order valence-electron chi connectivity index (χ3n) is 7.33. The Bertz CT molecular complexity index is 757. The zero-order valence-electron chi connectivity index (χ0n) is 17.7. The molecule has 1 saturated heterocycles. The first-order chi connectivity index (χ1) is 13.2. The highest BCUT2D eigenvalue weighted by Gasteiger charge is 2.46. The van der Waals surface area contributed by atoms with Gasteiger partial charge in [-0.05, 0) is 60.5 Å². The highest BCUT2D eigenvalue weighted by Crippen LogP contribution is 2.47. The molecule has 1 aromatic carbocycles. The Morgan fingerprint density at radius 2 is 1.93 bits per heavy atom. The second-order valence-corrected chi connectivity index (χ2v) is 14.9. The van der Waals surface area contributed by atoms with Gasteiger partial charge in [0.05, 0.1) is 0 Å². The Morgan fingerprint density at radius 3 is 2.68 bits per heavy atom. The third kappa shape index (κ3) is 3.57. The van der Waals surface area contributed by atoms with Gasteiger partial charge in [0.2, 0.25) is 12.7 Å². The predicted molar refractivity (Wildman–Crippen MR) is 111 cm³/mol. The molecule has 2 heterocycles. The Hall–Kier alpha value is -1.53. The molecule has 1 aliphatic carbocycles. The summed E-state index contributed by atoms with van der Waals surface area (Å²) in [6.07, 6.45) is 2.85. The normalized spacial score (nSPS) is 29.5. The van der Waals surface area contributed by atoms with E-state index in [1.165, 1.54) is 5.56 Å². The van der Waals surface area contributed by atoms with Gasteiger partial charge in [-0.3, -0.25) is 4.79 Å². The van der Waals surface area contributed by atoms with Crippen LogP contribution in [-0.2, 0) is 9.22 Å². The first-order valence-electron chi connectivity index (χ1n) is 10.5. The summed E-state index contributed by atoms with van der Waals surface area (Å²) in [5.74, 6) is 2.88. The highest BCUT2D eigenvalue weighted by atomic mass is 28.4. The zero-order valence-corrected chi connectivity index (χ0v) is 18.7. The largest absolute Gasteiger partial charge is 0.454 e. The van der Waals surface area contributed by atoms with E-state index in [1.807, 2.05) is 6.07 Å². The minimum absolute atomic E-state index is 0.187. The van der Waals surface area contributed by atoms with Crippen molar-refractivity contribution < 1.29 is 18.7 Å². The summed E-state index contributed by atoms with van der Waals surface area (Å²) >= 11 is 0. The van der Waals surface area contributed by atoms with E-state index in [0.29, 0.717) is 18.3 Å². The zero-order chi connectivity index (χ0) is 20.1. The van der Waals surface area contributed by atoms with Gasteiger partial charge in [0, 0.05) is 25.0 Å². The minimum Gasteiger partial charge on any atom is -0.454 e. The molecule has 3 aliphatic rings. The van der Waals surface area contributed by atoms with Crippen molar-refractivity contribution in [1.29, 1.82) is 0 Å². The number of nitrogens with one attached hydrogen (secondary N) is 1. The van der Waals surface area contributed by atoms with E-state index in [2.05, 4.69) is 51.3 Å². The van der Waals surface area contributed by atoms with E-state index in [1.54, 1.807) is 0 Å². The molecular weight excluding hydrogens is 370 g/mol. The second-order valence-electron chi connectivity index (χ2n) is 10.1. The van der Waals surface area contributed by atoms with Crippen molar-refractivity contribution in [3.63, 3.8) is 0 Å². The number of rotatable bonds is 4. The number of benzene rings is 1. The predicted octanol–water partition coefficient (Wildman–Crippen LogP) is 4.44. The van der Waals surface area contributed by atoms with Gasteiger partial charge in [-0.15, -0.1) is 0 Å². The van der Waals surface area contributed by atoms with Crippen LogP contribution in [0.4, 0.5) is 0 Å². The number of ether oxygens (including phenoxy) is 2. The van der Waals surface area contributed by atoms with Gasteiger partial charge in [0.25, 0.3) is 0 Å². The molecular formula is C22H33NO4Si. The molecule has 5 nitrogen and oxygen atoms in total. The van der Waals surface area contributed by atoms with Crippen LogP contribution in [0.1, 0.15) is 51.5 Å². The van der Waals surface area contributed by atoms with Crippen LogP contribution < -0.4 is 14.8 Å². The number of hydrogen-bond acceptors (Lipinski definition) is 4. The summed E-state index contributed by atoms with van der Waals surface area (Å²) in [5.41, 5.74) is 1.23. The topological polar surface area (TPSA) is 56.8 Å². The van der Waals surface area contributed by atoms with Crippen molar-refractivity contribution in [3.05, 3.63) is 23.8 Å². The van der Waals surface area contributed by atoms with Crippen molar-refractivity contribution in [1.82, 2.24) is 5.32 Å². The van der Waals surface area contributed by atoms with Crippen molar-refractivity contribution >= 4 is 14.2 Å². The number of hydrogen-bond donors (Lipinski definition) is 1. The summed E-state index contributed by atoms with van der Waals surface area (Å²) in [5, 5.41) is 3.47. The molecule has 0 spiro atoms. The van der Waals surface area contributed by atoms with E-state index in [0.717, 1.165) is 30.9 Å². The minimum atomic E-state index is -1.82. The SMILES string of the molecule is CC(C)(C)[Si](C)(C)OC[C@H]1CC[C@@H]2CC(=O)N[C@H]2[C@@H]1c1ccc2c(c1)OCO2. The summed E-state index contributed by atoms with van der Waals surface area (Å²) < 4.78 is 17.7. The maximum absolute atomic E-state index is 12.1. The standard InChI is InChI=1S/C22H33NO4Si/c1-22(2,3)28(4,5)27-12-16-7-6-15-11-19(24)23-21(15)20(16)14-8-9-17-18(10-14)26-13-25-17/h8-10,15-16,20-21H,6-7,11-13H2,1-5H3,(H,23,24)/t15-,16-,20-,21-/m1/s1. The summed E-state index contributed by atoms with van der Waals surface area (Å²) in [4.78, 5) is 12.1. The molecule has 0 unspecified atom stereocenters. The molecule has 1 aromatic rings. The molecule has 28 heavy (non-hydrogen) atoms. The molecule has 6 heteroatoms. The average molecular weight is 404 g/mol. The molecule has 4 rings (SSSR count). The van der Waals surface area contributed by atoms with E-state index in [4.69, 9.17) is 13.9 Å². The molecule has 0 radical (unpaired) electrons. The molecule has 0 bridgehead atoms. The quantitative estimate of drug-likeness (QED) is 0.756. The number of carbonyl (C=O) groups excluding carboxylic acids is 1. The first-order valence-corrected chi connectivity index (χ1v) is 13.4. The molecule has 0 aromatic heterocycles. The lowest BCUT2D eigenvalue weighted by molar-refractivity contribution is -0.119. The van der Waals surface area contributed by atoms with Crippen LogP contribution in [0.2, 0.25) is 18.1 Å². The lowest BCUT2D eigenvalue weighted by Gasteiger charge is -2.43. The van der Waals surface area contributed by atoms with Crippen LogP contribution in [0.3, 0.4) is 0 Å². The molecule has 1 saturated carbocycles. The van der Waals surface area contributed by atoms with Gasteiger partial charge < -0.3 is 19.2 Å². The highest BCUT2D eigenvalue weighted by molar-refractivity contribution is 6.74. The van der Waals surface area contributed by atoms with E-state index in [-0.39, 0.29) is 29.7 Å². The smallest absolute Gasteiger partial charge is 0.231 e. The van der Waals surface area contributed by atoms with Crippen molar-refractivity contribution in [2.45, 2.75) is 70.1 Å². The molecule has 1 N–H and O–H groups in total. The van der Waals surface area contributed by atoms with E-state index >= 15 is 0 Å². The lowest BCUT2D eigenvalue weighted by Crippen LogP contribution is -2.46. The van der Waals surface area contributed by atoms with Crippen molar-refractivity contribution in [3.8, 4) is 11.5 Å². The van der Waals surface area contributed by atoms with E-state index in [9.17, 15) is 4.79 Å². The Labute approximate surface area is 169 Å². The number of fused-ring (bicyclic) bond motifs is 2. The van der Waals surface area contributed by atoms with E-state index < -0.39 is 8.32 Å². The number of carbonyl (C=O) groups is 1. The molecule has 154 valence electrons. The van der Waals surface area contributed by atoms with Gasteiger partial charge in [-0.2, -0.15) is 0 Å². The molecule has 2 aliphatic heterocycles. The van der Waals surface area contributed by atoms with Crippen LogP contribution in [-0.4, -0.2) is 33.7 Å². The van der Waals surface area contributed by atoms with Gasteiger partial charge in [-0.1, -0.05) is 26.8 Å². The fourth-order valence-corrected chi connectivity index (χ4v) is 5.68. The van der Waals surface area contributed by atoms with Gasteiger partial charge in [-0.25, -0.2) is 0 Å². The molecule has 1 amide bonds. The summed E-state index contributed by atoms with van der Waals surface area (Å²) in [6, 6.07) is 6.45. The first kappa shape index (κ1) is 19.8. The molecule has 4 atom stereocenters. The van der Waals surface area contributed by atoms with Crippen molar-refractivity contribution in [2.24, 2.45) is 11.8 Å². The van der Waals surface area contributed by atoms with Crippen LogP contribution >= 0.6 is 0 Å². The number of amides is 1. The summed E-state index contributed by atoms with van der Waals surface area (Å²) in [6.45, 7) is 12.5. The fraction of sp³-hybridized carbons (Fsp3) is 0.682. The molecule has 2 fully saturated rings. The van der Waals surface area contributed by atoms with Gasteiger partial charge in [0.15, 0.2) is 19.8 Å². The van der Waals surface area contributed by atoms with Gasteiger partial charge in [0.1, 0.15) is 0 Å². The Morgan fingerprint density at radius 1 is 1.18 bits per heavy atom. The lowest BCUT2D eigenvalue weighted by atomic mass is 9.68. The second kappa shape index (κ2) is 7.06. The third-order valence-corrected chi connectivity index (χ3v) is 11.8. The van der Waals surface area contributed by atoms with Crippen LogP contribution in [0, 0.1) is 11.8 Å².